The lowest BCUT2D eigenvalue weighted by Crippen LogP contribution is -2.12. The van der Waals surface area contributed by atoms with E-state index in [0.717, 1.165) is 12.8 Å². The molecule has 0 bridgehead atoms. The molecule has 1 aromatic carbocycles. The number of benzene rings is 1. The highest BCUT2D eigenvalue weighted by Gasteiger charge is 2.25. The highest BCUT2D eigenvalue weighted by atomic mass is 19.1. The second-order valence-electron chi connectivity index (χ2n) is 4.00. The lowest BCUT2D eigenvalue weighted by atomic mass is 10.1. The van der Waals surface area contributed by atoms with E-state index in [1.54, 1.807) is 31.2 Å². The number of hydrogen-bond donors (Lipinski definition) is 0. The fourth-order valence-corrected chi connectivity index (χ4v) is 1.48. The van der Waals surface area contributed by atoms with Crippen LogP contribution in [-0.2, 0) is 9.53 Å². The van der Waals surface area contributed by atoms with Crippen molar-refractivity contribution in [3.8, 4) is 5.75 Å². The van der Waals surface area contributed by atoms with Crippen LogP contribution in [0.15, 0.2) is 24.3 Å². The molecule has 17 heavy (non-hydrogen) atoms. The Kier molecular flexibility index (Phi) is 3.61. The van der Waals surface area contributed by atoms with Crippen LogP contribution in [0.2, 0.25) is 0 Å². The molecule has 4 heteroatoms. The summed E-state index contributed by atoms with van der Waals surface area (Å²) in [6.45, 7) is 1.83. The van der Waals surface area contributed by atoms with Crippen LogP contribution in [0.4, 0.5) is 4.39 Å². The molecule has 0 spiro atoms. The fourth-order valence-electron chi connectivity index (χ4n) is 1.48. The predicted molar refractivity (Wildman–Crippen MR) is 60.6 cm³/mol. The van der Waals surface area contributed by atoms with Gasteiger partial charge in [-0.25, -0.2) is 9.18 Å². The van der Waals surface area contributed by atoms with Crippen LogP contribution < -0.4 is 4.74 Å². The summed E-state index contributed by atoms with van der Waals surface area (Å²) in [5, 5.41) is 0. The van der Waals surface area contributed by atoms with E-state index < -0.39 is 12.1 Å². The Morgan fingerprint density at radius 1 is 1.53 bits per heavy atom. The molecule has 1 saturated carbocycles. The van der Waals surface area contributed by atoms with Crippen LogP contribution in [0, 0.1) is 0 Å². The van der Waals surface area contributed by atoms with E-state index in [4.69, 9.17) is 4.74 Å². The molecule has 1 atom stereocenters. The molecule has 0 aliphatic heterocycles. The Balaban J connectivity index is 2.05. The maximum absolute atomic E-state index is 13.7. The van der Waals surface area contributed by atoms with Crippen molar-refractivity contribution >= 4 is 5.97 Å². The third-order valence-electron chi connectivity index (χ3n) is 2.47. The number of esters is 1. The van der Waals surface area contributed by atoms with Gasteiger partial charge in [0, 0.05) is 5.56 Å². The molecule has 0 N–H and O–H groups in total. The van der Waals surface area contributed by atoms with Gasteiger partial charge >= 0.3 is 5.97 Å². The Labute approximate surface area is 99.5 Å². The van der Waals surface area contributed by atoms with E-state index in [0.29, 0.717) is 5.75 Å². The molecule has 1 aliphatic carbocycles. The van der Waals surface area contributed by atoms with Crippen LogP contribution in [0.3, 0.4) is 0 Å². The number of halogens is 1. The summed E-state index contributed by atoms with van der Waals surface area (Å²) < 4.78 is 23.9. The molecule has 1 aromatic rings. The molecular weight excluding hydrogens is 223 g/mol. The Morgan fingerprint density at radius 2 is 2.29 bits per heavy atom. The van der Waals surface area contributed by atoms with Crippen molar-refractivity contribution in [2.24, 2.45) is 0 Å². The average Bonchev–Trinajstić information content (AvgIpc) is 3.12. The summed E-state index contributed by atoms with van der Waals surface area (Å²) in [5.74, 6) is -0.243. The van der Waals surface area contributed by atoms with Crippen molar-refractivity contribution in [2.45, 2.75) is 32.0 Å². The molecule has 1 fully saturated rings. The highest BCUT2D eigenvalue weighted by molar-refractivity contribution is 5.76. The smallest absolute Gasteiger partial charge is 0.345 e. The van der Waals surface area contributed by atoms with Crippen molar-refractivity contribution in [3.05, 3.63) is 29.8 Å². The van der Waals surface area contributed by atoms with Crippen molar-refractivity contribution < 1.29 is 18.7 Å². The molecule has 0 radical (unpaired) electrons. The van der Waals surface area contributed by atoms with Gasteiger partial charge in [-0.2, -0.15) is 0 Å². The van der Waals surface area contributed by atoms with Gasteiger partial charge in [0.2, 0.25) is 6.17 Å². The number of alkyl halides is 1. The van der Waals surface area contributed by atoms with E-state index >= 15 is 0 Å². The van der Waals surface area contributed by atoms with E-state index in [9.17, 15) is 9.18 Å². The first kappa shape index (κ1) is 11.9. The summed E-state index contributed by atoms with van der Waals surface area (Å²) in [6, 6.07) is 6.56. The van der Waals surface area contributed by atoms with Gasteiger partial charge < -0.3 is 9.47 Å². The van der Waals surface area contributed by atoms with Crippen LogP contribution in [0.5, 0.6) is 5.75 Å². The van der Waals surface area contributed by atoms with E-state index in [2.05, 4.69) is 4.74 Å². The number of rotatable bonds is 5. The minimum absolute atomic E-state index is 0.178. The summed E-state index contributed by atoms with van der Waals surface area (Å²) in [7, 11) is 0. The van der Waals surface area contributed by atoms with E-state index in [1.165, 1.54) is 0 Å². The normalized spacial score (nSPS) is 16.4. The molecule has 3 nitrogen and oxygen atoms in total. The number of carbonyl (C=O) groups is 1. The van der Waals surface area contributed by atoms with Crippen molar-refractivity contribution in [2.75, 3.05) is 6.61 Å². The summed E-state index contributed by atoms with van der Waals surface area (Å²) in [5.41, 5.74) is 0.279. The molecule has 0 saturated heterocycles. The van der Waals surface area contributed by atoms with Gasteiger partial charge in [0.15, 0.2) is 0 Å². The fraction of sp³-hybridized carbons (Fsp3) is 0.462. The molecule has 0 heterocycles. The first-order chi connectivity index (χ1) is 8.20. The Morgan fingerprint density at radius 3 is 2.94 bits per heavy atom. The van der Waals surface area contributed by atoms with Crippen LogP contribution in [0.25, 0.3) is 0 Å². The highest BCUT2D eigenvalue weighted by Crippen LogP contribution is 2.29. The van der Waals surface area contributed by atoms with Crippen molar-refractivity contribution in [1.82, 2.24) is 0 Å². The van der Waals surface area contributed by atoms with Gasteiger partial charge in [-0.15, -0.1) is 0 Å². The summed E-state index contributed by atoms with van der Waals surface area (Å²) >= 11 is 0. The third kappa shape index (κ3) is 3.19. The molecule has 1 aliphatic rings. The topological polar surface area (TPSA) is 35.5 Å². The third-order valence-corrected chi connectivity index (χ3v) is 2.47. The van der Waals surface area contributed by atoms with Gasteiger partial charge in [0.05, 0.1) is 12.7 Å². The van der Waals surface area contributed by atoms with E-state index in [1.807, 2.05) is 0 Å². The number of hydrogen-bond acceptors (Lipinski definition) is 3. The minimum atomic E-state index is -1.74. The van der Waals surface area contributed by atoms with Crippen molar-refractivity contribution in [3.63, 3.8) is 0 Å². The maximum atomic E-state index is 13.7. The second kappa shape index (κ2) is 5.17. The molecular formula is C13H15FO3. The largest absolute Gasteiger partial charge is 0.490 e. The first-order valence-corrected chi connectivity index (χ1v) is 5.78. The lowest BCUT2D eigenvalue weighted by molar-refractivity contribution is -0.149. The summed E-state index contributed by atoms with van der Waals surface area (Å²) in [6.07, 6.45) is 0.603. The molecule has 0 amide bonds. The maximum Gasteiger partial charge on any atom is 0.345 e. The zero-order chi connectivity index (χ0) is 12.3. The summed E-state index contributed by atoms with van der Waals surface area (Å²) in [4.78, 5) is 11.3. The van der Waals surface area contributed by atoms with Gasteiger partial charge in [-0.3, -0.25) is 0 Å². The molecule has 92 valence electrons. The van der Waals surface area contributed by atoms with Gasteiger partial charge in [-0.1, -0.05) is 12.1 Å². The van der Waals surface area contributed by atoms with Crippen molar-refractivity contribution in [1.29, 1.82) is 0 Å². The Bertz CT molecular complexity index is 401. The average molecular weight is 238 g/mol. The number of ether oxygens (including phenoxy) is 2. The second-order valence-corrected chi connectivity index (χ2v) is 4.00. The van der Waals surface area contributed by atoms with Crippen LogP contribution in [-0.4, -0.2) is 18.7 Å². The van der Waals surface area contributed by atoms with Crippen LogP contribution in [0.1, 0.15) is 31.5 Å². The zero-order valence-corrected chi connectivity index (χ0v) is 9.69. The van der Waals surface area contributed by atoms with Gasteiger partial charge in [-0.05, 0) is 31.9 Å². The monoisotopic (exact) mass is 238 g/mol. The van der Waals surface area contributed by atoms with E-state index in [-0.39, 0.29) is 18.3 Å². The SMILES string of the molecule is CCOC(=O)C(F)c1cccc(OC2CC2)c1. The van der Waals surface area contributed by atoms with Crippen LogP contribution >= 0.6 is 0 Å². The lowest BCUT2D eigenvalue weighted by Gasteiger charge is -2.10. The standard InChI is InChI=1S/C13H15FO3/c1-2-16-13(15)12(14)9-4-3-5-11(8-9)17-10-6-7-10/h3-5,8,10,12H,2,6-7H2,1H3. The Hall–Kier alpha value is -1.58. The molecule has 0 aromatic heterocycles. The quantitative estimate of drug-likeness (QED) is 0.740. The van der Waals surface area contributed by atoms with Gasteiger partial charge in [0.25, 0.3) is 0 Å². The molecule has 1 unspecified atom stereocenters. The zero-order valence-electron chi connectivity index (χ0n) is 9.69. The predicted octanol–water partition coefficient (Wildman–Crippen LogP) is 2.80. The van der Waals surface area contributed by atoms with Gasteiger partial charge in [0.1, 0.15) is 5.75 Å². The first-order valence-electron chi connectivity index (χ1n) is 5.78. The number of carbonyl (C=O) groups excluding carboxylic acids is 1. The minimum Gasteiger partial charge on any atom is -0.490 e. The molecule has 2 rings (SSSR count).